The maximum absolute atomic E-state index is 12.6. The van der Waals surface area contributed by atoms with Crippen LogP contribution < -0.4 is 5.43 Å². The summed E-state index contributed by atoms with van der Waals surface area (Å²) >= 11 is 0. The van der Waals surface area contributed by atoms with Crippen molar-refractivity contribution < 1.29 is 4.79 Å². The van der Waals surface area contributed by atoms with Gasteiger partial charge >= 0.3 is 0 Å². The van der Waals surface area contributed by atoms with Crippen LogP contribution in [0.2, 0.25) is 0 Å². The van der Waals surface area contributed by atoms with Crippen LogP contribution in [0.5, 0.6) is 0 Å². The number of carbonyl (C=O) groups is 1. The highest BCUT2D eigenvalue weighted by Crippen LogP contribution is 2.15. The van der Waals surface area contributed by atoms with Crippen LogP contribution in [-0.4, -0.2) is 28.5 Å². The number of rotatable bonds is 2. The van der Waals surface area contributed by atoms with Gasteiger partial charge in [0.05, 0.1) is 5.52 Å². The van der Waals surface area contributed by atoms with Gasteiger partial charge in [-0.25, -0.2) is 0 Å². The molecule has 0 unspecified atom stereocenters. The fraction of sp³-hybridized carbons (Fsp3) is 0.412. The van der Waals surface area contributed by atoms with E-state index in [0.29, 0.717) is 10.9 Å². The zero-order valence-electron chi connectivity index (χ0n) is 12.3. The van der Waals surface area contributed by atoms with Crippen LogP contribution in [-0.2, 0) is 6.54 Å². The minimum absolute atomic E-state index is 0.118. The van der Waals surface area contributed by atoms with E-state index in [0.717, 1.165) is 38.0 Å². The quantitative estimate of drug-likeness (QED) is 0.851. The molecule has 1 aliphatic heterocycles. The Morgan fingerprint density at radius 1 is 1.14 bits per heavy atom. The van der Waals surface area contributed by atoms with Crippen molar-refractivity contribution in [3.8, 4) is 0 Å². The van der Waals surface area contributed by atoms with Crippen molar-refractivity contribution >= 4 is 16.8 Å². The van der Waals surface area contributed by atoms with Crippen LogP contribution in [0.3, 0.4) is 0 Å². The lowest BCUT2D eigenvalue weighted by Crippen LogP contribution is -2.38. The first-order chi connectivity index (χ1) is 10.2. The monoisotopic (exact) mass is 284 g/mol. The number of aromatic nitrogens is 1. The predicted molar refractivity (Wildman–Crippen MR) is 83.6 cm³/mol. The predicted octanol–water partition coefficient (Wildman–Crippen LogP) is 2.65. The van der Waals surface area contributed by atoms with Gasteiger partial charge in [-0.3, -0.25) is 9.59 Å². The molecule has 2 heterocycles. The number of piperidine rings is 1. The first-order valence-electron chi connectivity index (χ1n) is 7.64. The van der Waals surface area contributed by atoms with Gasteiger partial charge in [0.25, 0.3) is 5.91 Å². The Bertz CT molecular complexity index is 727. The molecule has 110 valence electrons. The molecule has 0 N–H and O–H groups in total. The minimum Gasteiger partial charge on any atom is -0.347 e. The van der Waals surface area contributed by atoms with Crippen molar-refractivity contribution in [3.63, 3.8) is 0 Å². The molecular weight excluding hydrogens is 264 g/mol. The summed E-state index contributed by atoms with van der Waals surface area (Å²) < 4.78 is 1.98. The lowest BCUT2D eigenvalue weighted by atomic mass is 10.1. The highest BCUT2D eigenvalue weighted by Gasteiger charge is 2.22. The van der Waals surface area contributed by atoms with Crippen molar-refractivity contribution in [3.05, 3.63) is 46.2 Å². The first-order valence-corrected chi connectivity index (χ1v) is 7.64. The van der Waals surface area contributed by atoms with Gasteiger partial charge in [-0.05, 0) is 38.3 Å². The van der Waals surface area contributed by atoms with E-state index in [4.69, 9.17) is 0 Å². The molecule has 1 saturated heterocycles. The van der Waals surface area contributed by atoms with E-state index in [1.54, 1.807) is 12.3 Å². The van der Waals surface area contributed by atoms with Crippen molar-refractivity contribution in [2.45, 2.75) is 32.7 Å². The summed E-state index contributed by atoms with van der Waals surface area (Å²) in [6.07, 6.45) is 4.95. The molecule has 0 saturated carbocycles. The summed E-state index contributed by atoms with van der Waals surface area (Å²) in [7, 11) is 0. The number of hydrogen-bond acceptors (Lipinski definition) is 2. The second-order valence-corrected chi connectivity index (χ2v) is 5.53. The Labute approximate surface area is 124 Å². The number of carbonyl (C=O) groups excluding carboxylic acids is 1. The Morgan fingerprint density at radius 3 is 2.57 bits per heavy atom. The van der Waals surface area contributed by atoms with Gasteiger partial charge in [0.15, 0.2) is 0 Å². The molecule has 0 radical (unpaired) electrons. The molecular formula is C17H20N2O2. The minimum atomic E-state index is -0.147. The van der Waals surface area contributed by atoms with Crippen LogP contribution in [0, 0.1) is 0 Å². The van der Waals surface area contributed by atoms with Gasteiger partial charge in [0.2, 0.25) is 5.43 Å². The summed E-state index contributed by atoms with van der Waals surface area (Å²) in [5.41, 5.74) is 1.04. The lowest BCUT2D eigenvalue weighted by Gasteiger charge is -2.26. The zero-order valence-corrected chi connectivity index (χ0v) is 12.3. The molecule has 1 aromatic carbocycles. The third-order valence-electron chi connectivity index (χ3n) is 4.20. The van der Waals surface area contributed by atoms with E-state index in [9.17, 15) is 9.59 Å². The van der Waals surface area contributed by atoms with E-state index in [1.807, 2.05) is 34.6 Å². The number of likely N-dealkylation sites (tertiary alicyclic amines) is 1. The fourth-order valence-corrected chi connectivity index (χ4v) is 3.03. The largest absolute Gasteiger partial charge is 0.347 e. The summed E-state index contributed by atoms with van der Waals surface area (Å²) in [4.78, 5) is 27.1. The highest BCUT2D eigenvalue weighted by molar-refractivity contribution is 5.97. The number of pyridine rings is 1. The third-order valence-corrected chi connectivity index (χ3v) is 4.20. The van der Waals surface area contributed by atoms with Crippen molar-refractivity contribution in [1.82, 2.24) is 9.47 Å². The van der Waals surface area contributed by atoms with Gasteiger partial charge in [-0.1, -0.05) is 12.1 Å². The number of para-hydroxylation sites is 1. The average molecular weight is 284 g/mol. The SMILES string of the molecule is CCn1cc(C(=O)N2CCCCC2)c(=O)c2ccccc21. The zero-order chi connectivity index (χ0) is 14.8. The lowest BCUT2D eigenvalue weighted by molar-refractivity contribution is 0.0722. The van der Waals surface area contributed by atoms with Crippen LogP contribution in [0.1, 0.15) is 36.5 Å². The maximum Gasteiger partial charge on any atom is 0.259 e. The summed E-state index contributed by atoms with van der Waals surface area (Å²) in [6, 6.07) is 7.49. The van der Waals surface area contributed by atoms with Crippen LogP contribution in [0.15, 0.2) is 35.3 Å². The van der Waals surface area contributed by atoms with E-state index in [-0.39, 0.29) is 11.3 Å². The molecule has 0 bridgehead atoms. The number of hydrogen-bond donors (Lipinski definition) is 0. The molecule has 1 amide bonds. The normalized spacial score (nSPS) is 15.4. The standard InChI is InChI=1S/C17H20N2O2/c1-2-18-12-14(17(21)19-10-6-3-7-11-19)16(20)13-8-4-5-9-15(13)18/h4-5,8-9,12H,2-3,6-7,10-11H2,1H3. The second kappa shape index (κ2) is 5.72. The third kappa shape index (κ3) is 2.46. The Morgan fingerprint density at radius 2 is 1.86 bits per heavy atom. The Balaban J connectivity index is 2.12. The van der Waals surface area contributed by atoms with Gasteiger partial charge in [0, 0.05) is 31.2 Å². The maximum atomic E-state index is 12.6. The molecule has 4 nitrogen and oxygen atoms in total. The van der Waals surface area contributed by atoms with Gasteiger partial charge in [0.1, 0.15) is 5.56 Å². The molecule has 0 aliphatic carbocycles. The number of nitrogens with zero attached hydrogens (tertiary/aromatic N) is 2. The van der Waals surface area contributed by atoms with E-state index >= 15 is 0 Å². The molecule has 1 aliphatic rings. The Kier molecular flexibility index (Phi) is 3.78. The summed E-state index contributed by atoms with van der Waals surface area (Å²) in [6.45, 7) is 4.28. The molecule has 1 fully saturated rings. The van der Waals surface area contributed by atoms with Gasteiger partial charge < -0.3 is 9.47 Å². The number of aryl methyl sites for hydroxylation is 1. The van der Waals surface area contributed by atoms with Crippen LogP contribution >= 0.6 is 0 Å². The first kappa shape index (κ1) is 13.9. The Hall–Kier alpha value is -2.10. The molecule has 1 aromatic heterocycles. The van der Waals surface area contributed by atoms with E-state index < -0.39 is 0 Å². The molecule has 0 atom stereocenters. The number of fused-ring (bicyclic) bond motifs is 1. The average Bonchev–Trinajstić information content (AvgIpc) is 2.56. The second-order valence-electron chi connectivity index (χ2n) is 5.53. The van der Waals surface area contributed by atoms with Gasteiger partial charge in [-0.15, -0.1) is 0 Å². The fourth-order valence-electron chi connectivity index (χ4n) is 3.03. The highest BCUT2D eigenvalue weighted by atomic mass is 16.2. The van der Waals surface area contributed by atoms with Crippen LogP contribution in [0.25, 0.3) is 10.9 Å². The number of amides is 1. The molecule has 0 spiro atoms. The smallest absolute Gasteiger partial charge is 0.259 e. The topological polar surface area (TPSA) is 42.3 Å². The summed E-state index contributed by atoms with van der Waals surface area (Å²) in [5, 5.41) is 0.627. The van der Waals surface area contributed by atoms with Crippen molar-refractivity contribution in [2.75, 3.05) is 13.1 Å². The number of benzene rings is 1. The van der Waals surface area contributed by atoms with Crippen molar-refractivity contribution in [2.24, 2.45) is 0 Å². The van der Waals surface area contributed by atoms with E-state index in [2.05, 4.69) is 0 Å². The van der Waals surface area contributed by atoms with Gasteiger partial charge in [-0.2, -0.15) is 0 Å². The van der Waals surface area contributed by atoms with E-state index in [1.165, 1.54) is 6.42 Å². The summed E-state index contributed by atoms with van der Waals surface area (Å²) in [5.74, 6) is -0.118. The van der Waals surface area contributed by atoms with Crippen molar-refractivity contribution in [1.29, 1.82) is 0 Å². The molecule has 21 heavy (non-hydrogen) atoms. The molecule has 4 heteroatoms. The van der Waals surface area contributed by atoms with Crippen LogP contribution in [0.4, 0.5) is 0 Å². The molecule has 3 rings (SSSR count). The molecule has 2 aromatic rings.